The van der Waals surface area contributed by atoms with Gasteiger partial charge in [-0.15, -0.1) is 11.3 Å². The quantitative estimate of drug-likeness (QED) is 0.490. The fourth-order valence-electron chi connectivity index (χ4n) is 3.09. The van der Waals surface area contributed by atoms with Gasteiger partial charge in [-0.3, -0.25) is 4.79 Å². The van der Waals surface area contributed by atoms with E-state index < -0.39 is 0 Å². The predicted molar refractivity (Wildman–Crippen MR) is 110 cm³/mol. The molecule has 0 spiro atoms. The monoisotopic (exact) mass is 399 g/mol. The van der Waals surface area contributed by atoms with Gasteiger partial charge in [0, 0.05) is 23.4 Å². The van der Waals surface area contributed by atoms with E-state index in [9.17, 15) is 4.79 Å². The SMILES string of the molecule is Cc1nc(SC(C)C(=O)N2CCOCC2)c2cc(-c3ccccc3)sc2n1. The van der Waals surface area contributed by atoms with Crippen LogP contribution in [0.3, 0.4) is 0 Å². The zero-order chi connectivity index (χ0) is 18.8. The predicted octanol–water partition coefficient (Wildman–Crippen LogP) is 4.01. The van der Waals surface area contributed by atoms with Crippen LogP contribution < -0.4 is 0 Å². The molecule has 3 aromatic rings. The first kappa shape index (κ1) is 18.4. The van der Waals surface area contributed by atoms with Crippen molar-refractivity contribution in [3.05, 3.63) is 42.2 Å². The molecule has 140 valence electrons. The van der Waals surface area contributed by atoms with Crippen molar-refractivity contribution in [1.82, 2.24) is 14.9 Å². The van der Waals surface area contributed by atoms with Gasteiger partial charge in [-0.05, 0) is 25.5 Å². The molecule has 7 heteroatoms. The van der Waals surface area contributed by atoms with Crippen molar-refractivity contribution < 1.29 is 9.53 Å². The summed E-state index contributed by atoms with van der Waals surface area (Å²) in [5.74, 6) is 0.878. The summed E-state index contributed by atoms with van der Waals surface area (Å²) in [4.78, 5) is 26.0. The minimum Gasteiger partial charge on any atom is -0.378 e. The molecule has 4 rings (SSSR count). The third-order valence-corrected chi connectivity index (χ3v) is 6.65. The summed E-state index contributed by atoms with van der Waals surface area (Å²) in [7, 11) is 0. The van der Waals surface area contributed by atoms with Crippen molar-refractivity contribution in [2.75, 3.05) is 26.3 Å². The highest BCUT2D eigenvalue weighted by Gasteiger charge is 2.25. The number of morpholine rings is 1. The molecule has 0 saturated carbocycles. The van der Waals surface area contributed by atoms with E-state index in [0.29, 0.717) is 26.3 Å². The number of nitrogens with zero attached hydrogens (tertiary/aromatic N) is 3. The van der Waals surface area contributed by atoms with E-state index in [0.717, 1.165) is 21.1 Å². The fourth-order valence-corrected chi connectivity index (χ4v) is 5.29. The number of aryl methyl sites for hydroxylation is 1. The number of fused-ring (bicyclic) bond motifs is 1. The molecule has 1 aromatic carbocycles. The maximum Gasteiger partial charge on any atom is 0.235 e. The molecule has 3 heterocycles. The van der Waals surface area contributed by atoms with Crippen LogP contribution in [0.25, 0.3) is 20.7 Å². The van der Waals surface area contributed by atoms with Crippen molar-refractivity contribution in [2.24, 2.45) is 0 Å². The van der Waals surface area contributed by atoms with Crippen LogP contribution in [0.4, 0.5) is 0 Å². The Labute approximate surface area is 166 Å². The van der Waals surface area contributed by atoms with E-state index in [1.807, 2.05) is 36.9 Å². The molecule has 0 N–H and O–H groups in total. The van der Waals surface area contributed by atoms with Gasteiger partial charge in [-0.1, -0.05) is 42.1 Å². The molecule has 27 heavy (non-hydrogen) atoms. The van der Waals surface area contributed by atoms with E-state index in [-0.39, 0.29) is 11.2 Å². The first-order valence-corrected chi connectivity index (χ1v) is 10.7. The normalized spacial score (nSPS) is 15.9. The first-order valence-electron chi connectivity index (χ1n) is 8.98. The van der Waals surface area contributed by atoms with Crippen LogP contribution >= 0.6 is 23.1 Å². The molecule has 0 radical (unpaired) electrons. The third-order valence-electron chi connectivity index (χ3n) is 4.49. The molecule has 0 bridgehead atoms. The van der Waals surface area contributed by atoms with Crippen LogP contribution in [0, 0.1) is 6.92 Å². The lowest BCUT2D eigenvalue weighted by Crippen LogP contribution is -2.44. The van der Waals surface area contributed by atoms with E-state index in [1.165, 1.54) is 22.2 Å². The number of amides is 1. The van der Waals surface area contributed by atoms with Crippen LogP contribution in [-0.4, -0.2) is 52.3 Å². The molecule has 5 nitrogen and oxygen atoms in total. The van der Waals surface area contributed by atoms with Crippen LogP contribution in [0.1, 0.15) is 12.7 Å². The van der Waals surface area contributed by atoms with Crippen LogP contribution in [0.15, 0.2) is 41.4 Å². The minimum absolute atomic E-state index is 0.145. The number of aromatic nitrogens is 2. The smallest absolute Gasteiger partial charge is 0.235 e. The lowest BCUT2D eigenvalue weighted by atomic mass is 10.2. The summed E-state index contributed by atoms with van der Waals surface area (Å²) in [6.07, 6.45) is 0. The van der Waals surface area contributed by atoms with E-state index in [4.69, 9.17) is 4.74 Å². The second-order valence-corrected chi connectivity index (χ2v) is 8.83. The van der Waals surface area contributed by atoms with Gasteiger partial charge >= 0.3 is 0 Å². The summed E-state index contributed by atoms with van der Waals surface area (Å²) in [5, 5.41) is 1.71. The molecule has 1 aliphatic rings. The zero-order valence-corrected chi connectivity index (χ0v) is 17.0. The summed E-state index contributed by atoms with van der Waals surface area (Å²) < 4.78 is 5.35. The molecule has 1 amide bonds. The molecule has 2 aromatic heterocycles. The lowest BCUT2D eigenvalue weighted by molar-refractivity contribution is -0.134. The lowest BCUT2D eigenvalue weighted by Gasteiger charge is -2.29. The van der Waals surface area contributed by atoms with Crippen molar-refractivity contribution in [3.8, 4) is 10.4 Å². The summed E-state index contributed by atoms with van der Waals surface area (Å²) >= 11 is 3.19. The molecule has 1 fully saturated rings. The number of carbonyl (C=O) groups is 1. The Morgan fingerprint density at radius 2 is 1.96 bits per heavy atom. The molecular formula is C20H21N3O2S2. The molecule has 1 atom stereocenters. The van der Waals surface area contributed by atoms with Crippen molar-refractivity contribution in [2.45, 2.75) is 24.1 Å². The van der Waals surface area contributed by atoms with Crippen molar-refractivity contribution in [1.29, 1.82) is 0 Å². The number of hydrogen-bond acceptors (Lipinski definition) is 6. The molecule has 0 aliphatic carbocycles. The first-order chi connectivity index (χ1) is 13.1. The van der Waals surface area contributed by atoms with Gasteiger partial charge in [0.1, 0.15) is 15.7 Å². The Morgan fingerprint density at radius 1 is 1.22 bits per heavy atom. The number of rotatable bonds is 4. The maximum absolute atomic E-state index is 12.8. The number of carbonyl (C=O) groups excluding carboxylic acids is 1. The van der Waals surface area contributed by atoms with Crippen molar-refractivity contribution in [3.63, 3.8) is 0 Å². The number of ether oxygens (including phenoxy) is 1. The molecular weight excluding hydrogens is 378 g/mol. The van der Waals surface area contributed by atoms with Gasteiger partial charge < -0.3 is 9.64 Å². The number of thioether (sulfide) groups is 1. The van der Waals surface area contributed by atoms with Gasteiger partial charge in [-0.2, -0.15) is 0 Å². The largest absolute Gasteiger partial charge is 0.378 e. The second-order valence-electron chi connectivity index (χ2n) is 6.47. The minimum atomic E-state index is -0.194. The van der Waals surface area contributed by atoms with Crippen molar-refractivity contribution >= 4 is 39.2 Å². The average Bonchev–Trinajstić information content (AvgIpc) is 3.13. The Hall–Kier alpha value is -1.96. The van der Waals surface area contributed by atoms with E-state index >= 15 is 0 Å². The average molecular weight is 400 g/mol. The van der Waals surface area contributed by atoms with Gasteiger partial charge in [0.05, 0.1) is 18.5 Å². The Morgan fingerprint density at radius 3 is 2.70 bits per heavy atom. The number of thiophene rings is 1. The zero-order valence-electron chi connectivity index (χ0n) is 15.3. The summed E-state index contributed by atoms with van der Waals surface area (Å²) in [6, 6.07) is 12.4. The highest BCUT2D eigenvalue weighted by molar-refractivity contribution is 8.00. The van der Waals surface area contributed by atoms with Gasteiger partial charge in [0.15, 0.2) is 0 Å². The third kappa shape index (κ3) is 4.00. The van der Waals surface area contributed by atoms with Gasteiger partial charge in [0.25, 0.3) is 0 Å². The summed E-state index contributed by atoms with van der Waals surface area (Å²) in [5.41, 5.74) is 1.17. The van der Waals surface area contributed by atoms with E-state index in [1.54, 1.807) is 11.3 Å². The molecule has 1 aliphatic heterocycles. The molecule has 1 saturated heterocycles. The highest BCUT2D eigenvalue weighted by atomic mass is 32.2. The van der Waals surface area contributed by atoms with Crippen LogP contribution in [0.5, 0.6) is 0 Å². The summed E-state index contributed by atoms with van der Waals surface area (Å²) in [6.45, 7) is 6.42. The fraction of sp³-hybridized carbons (Fsp3) is 0.350. The standard InChI is InChI=1S/C20H21N3O2S2/c1-13(20(24)23-8-10-25-11-9-23)26-18-16-12-17(15-6-4-3-5-7-15)27-19(16)22-14(2)21-18/h3-7,12-13H,8-11H2,1-2H3. The molecule has 1 unspecified atom stereocenters. The topological polar surface area (TPSA) is 55.3 Å². The Balaban J connectivity index is 1.62. The Kier molecular flexibility index (Phi) is 5.43. The highest BCUT2D eigenvalue weighted by Crippen LogP contribution is 2.37. The van der Waals surface area contributed by atoms with Gasteiger partial charge in [-0.25, -0.2) is 9.97 Å². The van der Waals surface area contributed by atoms with Crippen LogP contribution in [0.2, 0.25) is 0 Å². The number of benzene rings is 1. The Bertz CT molecular complexity index is 953. The number of hydrogen-bond donors (Lipinski definition) is 0. The van der Waals surface area contributed by atoms with Gasteiger partial charge in [0.2, 0.25) is 5.91 Å². The maximum atomic E-state index is 12.8. The second kappa shape index (κ2) is 7.96. The van der Waals surface area contributed by atoms with Crippen LogP contribution in [-0.2, 0) is 9.53 Å². The van der Waals surface area contributed by atoms with E-state index in [2.05, 4.69) is 28.2 Å².